The summed E-state index contributed by atoms with van der Waals surface area (Å²) in [5.74, 6) is -0.541. The number of thioether (sulfide) groups is 1. The lowest BCUT2D eigenvalue weighted by Crippen LogP contribution is -2.21. The minimum Gasteiger partial charge on any atom is -0.461 e. The topological polar surface area (TPSA) is 46.6 Å². The molecule has 6 heteroatoms. The summed E-state index contributed by atoms with van der Waals surface area (Å²) >= 11 is 7.15. The highest BCUT2D eigenvalue weighted by Crippen LogP contribution is 2.20. The van der Waals surface area contributed by atoms with Crippen LogP contribution >= 0.6 is 23.4 Å². The van der Waals surface area contributed by atoms with E-state index in [0.717, 1.165) is 0 Å². The maximum absolute atomic E-state index is 12.5. The van der Waals surface area contributed by atoms with Crippen molar-refractivity contribution in [2.45, 2.75) is 6.92 Å². The Morgan fingerprint density at radius 2 is 1.83 bits per heavy atom. The number of Topliss-reactive ketones (excluding diaryl/α,β-unsaturated/α-hetero) is 1. The van der Waals surface area contributed by atoms with Gasteiger partial charge in [0.25, 0.3) is 0 Å². The third-order valence-corrected chi connectivity index (χ3v) is 3.92. The molecule has 1 rings (SSSR count). The highest BCUT2D eigenvalue weighted by Gasteiger charge is 2.14. The second kappa shape index (κ2) is 9.43. The molecule has 0 aliphatic carbocycles. The van der Waals surface area contributed by atoms with Crippen LogP contribution in [-0.4, -0.2) is 43.6 Å². The third kappa shape index (κ3) is 5.77. The molecule has 0 heterocycles. The van der Waals surface area contributed by atoms with Crippen LogP contribution in [0.15, 0.2) is 47.0 Å². The predicted octanol–water partition coefficient (Wildman–Crippen LogP) is 3.78. The minimum absolute atomic E-state index is 0.118. The van der Waals surface area contributed by atoms with Crippen LogP contribution in [0.1, 0.15) is 17.3 Å². The van der Waals surface area contributed by atoms with Gasteiger partial charge >= 0.3 is 5.97 Å². The third-order valence-electron chi connectivity index (χ3n) is 2.91. The number of ether oxygens (including phenoxy) is 1. The normalized spacial score (nSPS) is 12.0. The van der Waals surface area contributed by atoms with E-state index in [1.54, 1.807) is 62.3 Å². The van der Waals surface area contributed by atoms with Crippen molar-refractivity contribution < 1.29 is 14.3 Å². The van der Waals surface area contributed by atoms with Gasteiger partial charge in [-0.2, -0.15) is 0 Å². The summed E-state index contributed by atoms with van der Waals surface area (Å²) in [7, 11) is 3.49. The molecule has 0 fully saturated rings. The predicted molar refractivity (Wildman–Crippen MR) is 95.8 cm³/mol. The van der Waals surface area contributed by atoms with Gasteiger partial charge < -0.3 is 9.64 Å². The summed E-state index contributed by atoms with van der Waals surface area (Å²) < 4.78 is 5.01. The van der Waals surface area contributed by atoms with Crippen LogP contribution in [0.5, 0.6) is 0 Å². The van der Waals surface area contributed by atoms with E-state index in [9.17, 15) is 9.59 Å². The van der Waals surface area contributed by atoms with Gasteiger partial charge in [-0.3, -0.25) is 4.79 Å². The van der Waals surface area contributed by atoms with Crippen molar-refractivity contribution >= 4 is 35.1 Å². The Morgan fingerprint density at radius 3 is 2.30 bits per heavy atom. The fourth-order valence-corrected chi connectivity index (χ4v) is 2.37. The van der Waals surface area contributed by atoms with Gasteiger partial charge in [0.2, 0.25) is 0 Å². The molecule has 0 saturated heterocycles. The number of benzene rings is 1. The zero-order valence-electron chi connectivity index (χ0n) is 13.6. The minimum atomic E-state index is -0.423. The Labute approximate surface area is 146 Å². The lowest BCUT2D eigenvalue weighted by atomic mass is 10.1. The second-order valence-corrected chi connectivity index (χ2v) is 6.02. The number of allylic oxidation sites excluding steroid dienone is 3. The molecule has 1 aromatic carbocycles. The molecule has 0 atom stereocenters. The summed E-state index contributed by atoms with van der Waals surface area (Å²) in [5.41, 5.74) is 0.924. The van der Waals surface area contributed by atoms with E-state index in [2.05, 4.69) is 0 Å². The first-order valence-electron chi connectivity index (χ1n) is 7.01. The van der Waals surface area contributed by atoms with Gasteiger partial charge in [0.1, 0.15) is 5.70 Å². The van der Waals surface area contributed by atoms with E-state index >= 15 is 0 Å². The van der Waals surface area contributed by atoms with Crippen molar-refractivity contribution in [3.8, 4) is 0 Å². The Balaban J connectivity index is 3.08. The Hall–Kier alpha value is -1.72. The van der Waals surface area contributed by atoms with Crippen molar-refractivity contribution in [3.63, 3.8) is 0 Å². The molecule has 1 aromatic rings. The lowest BCUT2D eigenvalue weighted by Gasteiger charge is -2.15. The van der Waals surface area contributed by atoms with E-state index < -0.39 is 5.97 Å². The summed E-state index contributed by atoms with van der Waals surface area (Å²) in [6.07, 6.45) is 5.04. The van der Waals surface area contributed by atoms with E-state index in [1.807, 2.05) is 6.26 Å². The van der Waals surface area contributed by atoms with Crippen molar-refractivity contribution in [3.05, 3.63) is 57.6 Å². The van der Waals surface area contributed by atoms with Crippen molar-refractivity contribution in [2.24, 2.45) is 0 Å². The number of carbonyl (C=O) groups is 2. The number of rotatable bonds is 7. The SMILES string of the molecule is CCOC(=O)C(=CC=C(SC)C(=O)c1ccc(Cl)cc1)N(C)C. The summed E-state index contributed by atoms with van der Waals surface area (Å²) in [6, 6.07) is 6.70. The number of likely N-dealkylation sites (N-methyl/N-ethyl adjacent to an activating group) is 1. The quantitative estimate of drug-likeness (QED) is 0.323. The molecule has 0 amide bonds. The maximum Gasteiger partial charge on any atom is 0.354 e. The Morgan fingerprint density at radius 1 is 1.22 bits per heavy atom. The van der Waals surface area contributed by atoms with Crippen LogP contribution < -0.4 is 0 Å². The largest absolute Gasteiger partial charge is 0.461 e. The molecule has 0 aliphatic heterocycles. The van der Waals surface area contributed by atoms with Gasteiger partial charge in [0.15, 0.2) is 5.78 Å². The highest BCUT2D eigenvalue weighted by molar-refractivity contribution is 8.03. The zero-order chi connectivity index (χ0) is 17.4. The van der Waals surface area contributed by atoms with Gasteiger partial charge in [-0.25, -0.2) is 4.79 Å². The first kappa shape index (κ1) is 19.3. The van der Waals surface area contributed by atoms with Crippen molar-refractivity contribution in [2.75, 3.05) is 27.0 Å². The number of carbonyl (C=O) groups excluding carboxylic acids is 2. The van der Waals surface area contributed by atoms with Crippen molar-refractivity contribution in [1.82, 2.24) is 4.90 Å². The summed E-state index contributed by atoms with van der Waals surface area (Å²) in [5, 5.41) is 0.577. The molecule has 0 bridgehead atoms. The van der Waals surface area contributed by atoms with E-state index in [0.29, 0.717) is 27.8 Å². The molecule has 0 aromatic heterocycles. The average molecular weight is 354 g/mol. The van der Waals surface area contributed by atoms with Gasteiger partial charge in [-0.15, -0.1) is 11.8 Å². The first-order valence-corrected chi connectivity index (χ1v) is 8.61. The van der Waals surface area contributed by atoms with Crippen LogP contribution in [0, 0.1) is 0 Å². The van der Waals surface area contributed by atoms with Gasteiger partial charge in [0, 0.05) is 24.7 Å². The zero-order valence-corrected chi connectivity index (χ0v) is 15.2. The van der Waals surface area contributed by atoms with E-state index in [1.165, 1.54) is 11.8 Å². The summed E-state index contributed by atoms with van der Waals surface area (Å²) in [6.45, 7) is 2.05. The average Bonchev–Trinajstić information content (AvgIpc) is 2.51. The molecule has 0 aliphatic rings. The maximum atomic E-state index is 12.5. The lowest BCUT2D eigenvalue weighted by molar-refractivity contribution is -0.140. The van der Waals surface area contributed by atoms with Gasteiger partial charge in [-0.1, -0.05) is 11.6 Å². The molecule has 0 unspecified atom stereocenters. The number of esters is 1. The molecule has 0 radical (unpaired) electrons. The number of ketones is 1. The first-order chi connectivity index (χ1) is 10.9. The molecular formula is C17H20ClNO3S. The van der Waals surface area contributed by atoms with Crippen LogP contribution in [0.25, 0.3) is 0 Å². The van der Waals surface area contributed by atoms with Gasteiger partial charge in [0.05, 0.1) is 11.5 Å². The Bertz CT molecular complexity index is 621. The number of nitrogens with zero attached hydrogens (tertiary/aromatic N) is 1. The molecule has 0 spiro atoms. The smallest absolute Gasteiger partial charge is 0.354 e. The second-order valence-electron chi connectivity index (χ2n) is 4.74. The monoisotopic (exact) mass is 353 g/mol. The fourth-order valence-electron chi connectivity index (χ4n) is 1.74. The number of hydrogen-bond acceptors (Lipinski definition) is 5. The van der Waals surface area contributed by atoms with E-state index in [4.69, 9.17) is 16.3 Å². The Kier molecular flexibility index (Phi) is 7.92. The van der Waals surface area contributed by atoms with Crippen LogP contribution in [0.3, 0.4) is 0 Å². The molecular weight excluding hydrogens is 334 g/mol. The van der Waals surface area contributed by atoms with E-state index in [-0.39, 0.29) is 5.78 Å². The van der Waals surface area contributed by atoms with Crippen molar-refractivity contribution in [1.29, 1.82) is 0 Å². The van der Waals surface area contributed by atoms with Crippen LogP contribution in [0.2, 0.25) is 5.02 Å². The molecule has 23 heavy (non-hydrogen) atoms. The molecule has 0 N–H and O–H groups in total. The summed E-state index contributed by atoms with van der Waals surface area (Å²) in [4.78, 5) is 26.5. The number of hydrogen-bond donors (Lipinski definition) is 0. The standard InChI is InChI=1S/C17H20ClNO3S/c1-5-22-17(21)14(19(2)3)10-11-15(23-4)16(20)12-6-8-13(18)9-7-12/h6-11H,5H2,1-4H3. The van der Waals surface area contributed by atoms with Gasteiger partial charge in [-0.05, 0) is 49.6 Å². The van der Waals surface area contributed by atoms with Crippen LogP contribution in [-0.2, 0) is 9.53 Å². The highest BCUT2D eigenvalue weighted by atomic mass is 35.5. The molecule has 0 saturated carbocycles. The molecule has 4 nitrogen and oxygen atoms in total. The number of halogens is 1. The van der Waals surface area contributed by atoms with Crippen LogP contribution in [0.4, 0.5) is 0 Å². The fraction of sp³-hybridized carbons (Fsp3) is 0.294. The molecule has 124 valence electrons.